The Morgan fingerprint density at radius 3 is 3.05 bits per heavy atom. The van der Waals surface area contributed by atoms with Gasteiger partial charge in [-0.05, 0) is 19.2 Å². The number of nitrogens with zero attached hydrogens (tertiary/aromatic N) is 2. The lowest BCUT2D eigenvalue weighted by Crippen LogP contribution is -2.45. The molecule has 1 N–H and O–H groups in total. The van der Waals surface area contributed by atoms with Gasteiger partial charge in [-0.3, -0.25) is 0 Å². The molecule has 0 bridgehead atoms. The van der Waals surface area contributed by atoms with E-state index in [9.17, 15) is 0 Å². The summed E-state index contributed by atoms with van der Waals surface area (Å²) in [6.45, 7) is 0.857. The van der Waals surface area contributed by atoms with E-state index in [0.29, 0.717) is 6.04 Å². The topological polar surface area (TPSA) is 39.1 Å². The van der Waals surface area contributed by atoms with E-state index in [1.807, 2.05) is 24.9 Å². The van der Waals surface area contributed by atoms with Crippen LogP contribution in [0.3, 0.4) is 0 Å². The molecule has 0 radical (unpaired) electrons. The smallest absolute Gasteiger partial charge is 0.111 e. The highest BCUT2D eigenvalue weighted by molar-refractivity contribution is 7.99. The standard InChI is InChI=1S/C15H21N3OS/c1-16-12(14-10-20-8-7-19-14)9-15-17-11-5-3-4-6-13(11)18(15)2/h3-6,12,14,16H,7-10H2,1-2H3. The Bertz CT molecular complexity index is 578. The fourth-order valence-corrected chi connectivity index (χ4v) is 3.67. The average Bonchev–Trinajstić information content (AvgIpc) is 2.82. The van der Waals surface area contributed by atoms with E-state index in [1.165, 1.54) is 5.52 Å². The number of rotatable bonds is 4. The third kappa shape index (κ3) is 2.71. The lowest BCUT2D eigenvalue weighted by molar-refractivity contribution is 0.0486. The van der Waals surface area contributed by atoms with Gasteiger partial charge in [-0.1, -0.05) is 12.1 Å². The quantitative estimate of drug-likeness (QED) is 0.933. The summed E-state index contributed by atoms with van der Waals surface area (Å²) in [6, 6.07) is 8.60. The number of aryl methyl sites for hydroxylation is 1. The first-order chi connectivity index (χ1) is 9.79. The van der Waals surface area contributed by atoms with Crippen LogP contribution in [-0.2, 0) is 18.2 Å². The Labute approximate surface area is 123 Å². The summed E-state index contributed by atoms with van der Waals surface area (Å²) in [5.74, 6) is 3.29. The molecule has 0 spiro atoms. The van der Waals surface area contributed by atoms with Crippen molar-refractivity contribution in [1.82, 2.24) is 14.9 Å². The van der Waals surface area contributed by atoms with Crippen LogP contribution in [0.1, 0.15) is 5.82 Å². The van der Waals surface area contributed by atoms with Crippen molar-refractivity contribution in [3.8, 4) is 0 Å². The molecule has 2 aromatic rings. The second-order valence-corrected chi connectivity index (χ2v) is 6.31. The van der Waals surface area contributed by atoms with Gasteiger partial charge in [-0.25, -0.2) is 4.98 Å². The molecule has 20 heavy (non-hydrogen) atoms. The van der Waals surface area contributed by atoms with E-state index in [-0.39, 0.29) is 6.10 Å². The second-order valence-electron chi connectivity index (χ2n) is 5.16. The number of nitrogens with one attached hydrogen (secondary N) is 1. The largest absolute Gasteiger partial charge is 0.375 e. The van der Waals surface area contributed by atoms with E-state index >= 15 is 0 Å². The number of hydrogen-bond acceptors (Lipinski definition) is 4. The predicted molar refractivity (Wildman–Crippen MR) is 84.3 cm³/mol. The molecule has 108 valence electrons. The first-order valence-electron chi connectivity index (χ1n) is 7.06. The summed E-state index contributed by atoms with van der Waals surface area (Å²) >= 11 is 1.97. The zero-order valence-electron chi connectivity index (χ0n) is 12.0. The molecule has 1 fully saturated rings. The van der Waals surface area contributed by atoms with Crippen LogP contribution in [-0.4, -0.2) is 46.9 Å². The fourth-order valence-electron chi connectivity index (χ4n) is 2.73. The van der Waals surface area contributed by atoms with Gasteiger partial charge in [0.05, 0.1) is 23.7 Å². The van der Waals surface area contributed by atoms with Crippen LogP contribution >= 0.6 is 11.8 Å². The fraction of sp³-hybridized carbons (Fsp3) is 0.533. The summed E-state index contributed by atoms with van der Waals surface area (Å²) < 4.78 is 8.09. The van der Waals surface area contributed by atoms with Crippen molar-refractivity contribution in [3.05, 3.63) is 30.1 Å². The number of imidazole rings is 1. The van der Waals surface area contributed by atoms with Crippen molar-refractivity contribution < 1.29 is 4.74 Å². The summed E-state index contributed by atoms with van der Waals surface area (Å²) in [4.78, 5) is 4.76. The number of para-hydroxylation sites is 2. The Kier molecular flexibility index (Phi) is 4.29. The van der Waals surface area contributed by atoms with Crippen molar-refractivity contribution in [3.63, 3.8) is 0 Å². The molecule has 5 heteroatoms. The van der Waals surface area contributed by atoms with Gasteiger partial charge in [0.25, 0.3) is 0 Å². The SMILES string of the molecule is CNC(Cc1nc2ccccc2n1C)C1CSCCO1. The van der Waals surface area contributed by atoms with Gasteiger partial charge in [0.2, 0.25) is 0 Å². The van der Waals surface area contributed by atoms with Crippen LogP contribution in [0.15, 0.2) is 24.3 Å². The van der Waals surface area contributed by atoms with Crippen LogP contribution < -0.4 is 5.32 Å². The van der Waals surface area contributed by atoms with E-state index in [4.69, 9.17) is 9.72 Å². The average molecular weight is 291 g/mol. The van der Waals surface area contributed by atoms with Crippen molar-refractivity contribution >= 4 is 22.8 Å². The van der Waals surface area contributed by atoms with E-state index in [2.05, 4.69) is 35.1 Å². The first kappa shape index (κ1) is 13.9. The molecule has 2 heterocycles. The minimum Gasteiger partial charge on any atom is -0.375 e. The number of aromatic nitrogens is 2. The number of benzene rings is 1. The number of fused-ring (bicyclic) bond motifs is 1. The Morgan fingerprint density at radius 2 is 2.35 bits per heavy atom. The highest BCUT2D eigenvalue weighted by atomic mass is 32.2. The summed E-state index contributed by atoms with van der Waals surface area (Å²) in [5, 5.41) is 3.40. The molecule has 2 atom stereocenters. The molecular formula is C15H21N3OS. The third-order valence-electron chi connectivity index (χ3n) is 3.94. The monoisotopic (exact) mass is 291 g/mol. The lowest BCUT2D eigenvalue weighted by atomic mass is 10.1. The summed E-state index contributed by atoms with van der Waals surface area (Å²) in [7, 11) is 4.10. The molecule has 0 amide bonds. The zero-order chi connectivity index (χ0) is 13.9. The maximum Gasteiger partial charge on any atom is 0.111 e. The minimum atomic E-state index is 0.276. The summed E-state index contributed by atoms with van der Waals surface area (Å²) in [5.41, 5.74) is 2.26. The van der Waals surface area contributed by atoms with Crippen molar-refractivity contribution in [2.45, 2.75) is 18.6 Å². The van der Waals surface area contributed by atoms with E-state index in [1.54, 1.807) is 0 Å². The molecule has 1 saturated heterocycles. The van der Waals surface area contributed by atoms with Crippen molar-refractivity contribution in [2.24, 2.45) is 7.05 Å². The zero-order valence-corrected chi connectivity index (χ0v) is 12.8. The van der Waals surface area contributed by atoms with E-state index in [0.717, 1.165) is 35.9 Å². The van der Waals surface area contributed by atoms with Crippen LogP contribution in [0.5, 0.6) is 0 Å². The number of hydrogen-bond donors (Lipinski definition) is 1. The van der Waals surface area contributed by atoms with Crippen LogP contribution in [0, 0.1) is 0 Å². The number of thioether (sulfide) groups is 1. The Morgan fingerprint density at radius 1 is 1.50 bits per heavy atom. The van der Waals surface area contributed by atoms with Gasteiger partial charge in [0.1, 0.15) is 5.82 Å². The van der Waals surface area contributed by atoms with Gasteiger partial charge < -0.3 is 14.6 Å². The van der Waals surface area contributed by atoms with Crippen LogP contribution in [0.4, 0.5) is 0 Å². The summed E-state index contributed by atoms with van der Waals surface area (Å²) in [6.07, 6.45) is 1.17. The third-order valence-corrected chi connectivity index (χ3v) is 4.96. The maximum atomic E-state index is 5.90. The predicted octanol–water partition coefficient (Wildman–Crippen LogP) is 1.84. The number of likely N-dealkylation sites (N-methyl/N-ethyl adjacent to an activating group) is 1. The minimum absolute atomic E-state index is 0.276. The molecule has 1 aliphatic rings. The molecule has 3 rings (SSSR count). The van der Waals surface area contributed by atoms with Crippen LogP contribution in [0.2, 0.25) is 0 Å². The van der Waals surface area contributed by atoms with Gasteiger partial charge in [0, 0.05) is 31.0 Å². The highest BCUT2D eigenvalue weighted by Crippen LogP contribution is 2.20. The molecule has 0 saturated carbocycles. The highest BCUT2D eigenvalue weighted by Gasteiger charge is 2.25. The molecule has 1 aromatic carbocycles. The van der Waals surface area contributed by atoms with Crippen molar-refractivity contribution in [2.75, 3.05) is 25.2 Å². The molecule has 1 aliphatic heterocycles. The van der Waals surface area contributed by atoms with E-state index < -0.39 is 0 Å². The Hall–Kier alpha value is -1.04. The lowest BCUT2D eigenvalue weighted by Gasteiger charge is -2.29. The normalized spacial score (nSPS) is 21.2. The first-order valence-corrected chi connectivity index (χ1v) is 8.22. The molecular weight excluding hydrogens is 270 g/mol. The van der Waals surface area contributed by atoms with Gasteiger partial charge in [0.15, 0.2) is 0 Å². The van der Waals surface area contributed by atoms with Gasteiger partial charge in [-0.15, -0.1) is 0 Å². The second kappa shape index (κ2) is 6.16. The Balaban J connectivity index is 1.81. The van der Waals surface area contributed by atoms with Gasteiger partial charge in [-0.2, -0.15) is 11.8 Å². The van der Waals surface area contributed by atoms with Crippen LogP contribution in [0.25, 0.3) is 11.0 Å². The molecule has 2 unspecified atom stereocenters. The van der Waals surface area contributed by atoms with Crippen molar-refractivity contribution in [1.29, 1.82) is 0 Å². The number of ether oxygens (including phenoxy) is 1. The van der Waals surface area contributed by atoms with Gasteiger partial charge >= 0.3 is 0 Å². The molecule has 1 aromatic heterocycles. The molecule has 0 aliphatic carbocycles. The maximum absolute atomic E-state index is 5.90. The molecule has 4 nitrogen and oxygen atoms in total.